The van der Waals surface area contributed by atoms with E-state index in [-0.39, 0.29) is 11.6 Å². The van der Waals surface area contributed by atoms with Crippen molar-refractivity contribution < 1.29 is 4.74 Å². The molecule has 2 aliphatic rings. The summed E-state index contributed by atoms with van der Waals surface area (Å²) >= 11 is 7.55. The predicted octanol–water partition coefficient (Wildman–Crippen LogP) is 2.59. The summed E-state index contributed by atoms with van der Waals surface area (Å²) in [6.45, 7) is 0. The minimum atomic E-state index is -0.142. The fraction of sp³-hybridized carbons (Fsp3) is 0.636. The van der Waals surface area contributed by atoms with E-state index in [9.17, 15) is 0 Å². The van der Waals surface area contributed by atoms with E-state index in [0.29, 0.717) is 6.10 Å². The molecule has 3 heterocycles. The molecule has 3 unspecified atom stereocenters. The Morgan fingerprint density at radius 2 is 2.40 bits per heavy atom. The first-order valence-electron chi connectivity index (χ1n) is 5.34. The molecule has 3 rings (SSSR count). The van der Waals surface area contributed by atoms with Crippen LogP contribution in [0.15, 0.2) is 12.1 Å². The molecule has 0 radical (unpaired) electrons. The van der Waals surface area contributed by atoms with Crippen molar-refractivity contribution in [1.29, 1.82) is 0 Å². The Bertz CT molecular complexity index is 380. The average molecular weight is 244 g/mol. The number of thiophene rings is 1. The number of nitrogens with two attached hydrogens (primary N) is 1. The van der Waals surface area contributed by atoms with Gasteiger partial charge in [0.25, 0.3) is 0 Å². The molecule has 2 aliphatic heterocycles. The maximum atomic E-state index is 6.42. The van der Waals surface area contributed by atoms with Crippen LogP contribution in [0.25, 0.3) is 0 Å². The lowest BCUT2D eigenvalue weighted by Crippen LogP contribution is -2.50. The van der Waals surface area contributed by atoms with E-state index in [2.05, 4.69) is 6.07 Å². The minimum absolute atomic E-state index is 0.142. The van der Waals surface area contributed by atoms with Gasteiger partial charge in [0.2, 0.25) is 0 Å². The summed E-state index contributed by atoms with van der Waals surface area (Å²) in [5.41, 5.74) is 6.28. The van der Waals surface area contributed by atoms with Crippen molar-refractivity contribution in [3.05, 3.63) is 21.3 Å². The highest BCUT2D eigenvalue weighted by atomic mass is 35.5. The lowest BCUT2D eigenvalue weighted by molar-refractivity contribution is 0.0858. The molecule has 2 nitrogen and oxygen atoms in total. The highest BCUT2D eigenvalue weighted by Crippen LogP contribution is 2.42. The van der Waals surface area contributed by atoms with Gasteiger partial charge < -0.3 is 10.5 Å². The van der Waals surface area contributed by atoms with Crippen molar-refractivity contribution in [3.8, 4) is 0 Å². The van der Waals surface area contributed by atoms with Crippen molar-refractivity contribution in [2.75, 3.05) is 0 Å². The first-order chi connectivity index (χ1) is 7.16. The maximum absolute atomic E-state index is 6.42. The molecule has 0 saturated carbocycles. The second-order valence-corrected chi connectivity index (χ2v) is 6.44. The molecule has 15 heavy (non-hydrogen) atoms. The van der Waals surface area contributed by atoms with Crippen LogP contribution >= 0.6 is 22.9 Å². The monoisotopic (exact) mass is 243 g/mol. The van der Waals surface area contributed by atoms with Crippen LogP contribution in [0.5, 0.6) is 0 Å². The number of ether oxygens (including phenoxy) is 1. The smallest absolute Gasteiger partial charge is 0.0931 e. The first kappa shape index (κ1) is 10.1. The van der Waals surface area contributed by atoms with Gasteiger partial charge in [0, 0.05) is 16.8 Å². The molecule has 3 atom stereocenters. The van der Waals surface area contributed by atoms with Crippen molar-refractivity contribution in [3.63, 3.8) is 0 Å². The third kappa shape index (κ3) is 1.72. The van der Waals surface area contributed by atoms with Gasteiger partial charge in [-0.3, -0.25) is 0 Å². The second kappa shape index (κ2) is 3.45. The summed E-state index contributed by atoms with van der Waals surface area (Å²) in [6, 6.07) is 4.02. The topological polar surface area (TPSA) is 35.2 Å². The molecule has 0 spiro atoms. The minimum Gasteiger partial charge on any atom is -0.373 e. The van der Waals surface area contributed by atoms with Crippen LogP contribution in [0.4, 0.5) is 0 Å². The predicted molar refractivity (Wildman–Crippen MR) is 62.5 cm³/mol. The SMILES string of the molecule is NC1(Cc2ccc(Cl)s2)CC2CCC1O2. The van der Waals surface area contributed by atoms with E-state index in [0.717, 1.165) is 23.6 Å². The van der Waals surface area contributed by atoms with Crippen LogP contribution in [0.2, 0.25) is 4.34 Å². The normalized spacial score (nSPS) is 38.8. The molecular formula is C11H14ClNOS. The van der Waals surface area contributed by atoms with Crippen LogP contribution in [-0.4, -0.2) is 17.7 Å². The third-order valence-electron chi connectivity index (χ3n) is 3.49. The van der Waals surface area contributed by atoms with Crippen LogP contribution < -0.4 is 5.73 Å². The summed E-state index contributed by atoms with van der Waals surface area (Å²) in [6.07, 6.45) is 4.91. The number of hydrogen-bond acceptors (Lipinski definition) is 3. The Kier molecular flexibility index (Phi) is 2.32. The molecule has 4 heteroatoms. The van der Waals surface area contributed by atoms with Gasteiger partial charge in [0.1, 0.15) is 0 Å². The quantitative estimate of drug-likeness (QED) is 0.867. The van der Waals surface area contributed by atoms with Gasteiger partial charge in [0.15, 0.2) is 0 Å². The lowest BCUT2D eigenvalue weighted by atomic mass is 9.80. The highest BCUT2D eigenvalue weighted by molar-refractivity contribution is 7.16. The van der Waals surface area contributed by atoms with Gasteiger partial charge >= 0.3 is 0 Å². The zero-order valence-corrected chi connectivity index (χ0v) is 9.98. The Hall–Kier alpha value is -0.0900. The highest BCUT2D eigenvalue weighted by Gasteiger charge is 2.49. The molecule has 2 saturated heterocycles. The molecule has 82 valence electrons. The molecule has 1 aromatic heterocycles. The molecule has 0 aliphatic carbocycles. The summed E-state index contributed by atoms with van der Waals surface area (Å²) in [7, 11) is 0. The van der Waals surface area contributed by atoms with Gasteiger partial charge in [-0.15, -0.1) is 11.3 Å². The fourth-order valence-electron chi connectivity index (χ4n) is 2.79. The lowest BCUT2D eigenvalue weighted by Gasteiger charge is -2.30. The van der Waals surface area contributed by atoms with Crippen LogP contribution in [0, 0.1) is 0 Å². The van der Waals surface area contributed by atoms with Gasteiger partial charge in [-0.2, -0.15) is 0 Å². The third-order valence-corrected chi connectivity index (χ3v) is 4.72. The fourth-order valence-corrected chi connectivity index (χ4v) is 4.02. The number of halogens is 1. The molecule has 2 N–H and O–H groups in total. The van der Waals surface area contributed by atoms with E-state index in [1.165, 1.54) is 11.3 Å². The average Bonchev–Trinajstić information content (AvgIpc) is 2.81. The van der Waals surface area contributed by atoms with Gasteiger partial charge in [-0.1, -0.05) is 11.6 Å². The molecule has 1 aromatic rings. The van der Waals surface area contributed by atoms with E-state index >= 15 is 0 Å². The van der Waals surface area contributed by atoms with E-state index < -0.39 is 0 Å². The van der Waals surface area contributed by atoms with Gasteiger partial charge in [-0.05, 0) is 31.4 Å². The molecule has 2 fully saturated rings. The largest absolute Gasteiger partial charge is 0.373 e. The van der Waals surface area contributed by atoms with Crippen LogP contribution in [0.1, 0.15) is 24.1 Å². The summed E-state index contributed by atoms with van der Waals surface area (Å²) in [4.78, 5) is 1.28. The summed E-state index contributed by atoms with van der Waals surface area (Å²) in [5.74, 6) is 0. The Balaban J connectivity index is 1.77. The molecule has 0 aromatic carbocycles. The second-order valence-electron chi connectivity index (χ2n) is 4.64. The van der Waals surface area contributed by atoms with E-state index in [1.54, 1.807) is 11.3 Å². The van der Waals surface area contributed by atoms with Crippen LogP contribution in [0.3, 0.4) is 0 Å². The Labute approximate surface area is 98.4 Å². The number of fused-ring (bicyclic) bond motifs is 2. The zero-order chi connectivity index (χ0) is 10.5. The van der Waals surface area contributed by atoms with Gasteiger partial charge in [-0.25, -0.2) is 0 Å². The van der Waals surface area contributed by atoms with E-state index in [1.807, 2.05) is 6.07 Å². The Morgan fingerprint density at radius 1 is 1.53 bits per heavy atom. The summed E-state index contributed by atoms with van der Waals surface area (Å²) < 4.78 is 6.66. The standard InChI is InChI=1S/C11H14ClNOS/c12-10-4-2-8(15-10)6-11(13)5-7-1-3-9(11)14-7/h2,4,7,9H,1,3,5-6,13H2. The molecule has 0 amide bonds. The van der Waals surface area contributed by atoms with E-state index in [4.69, 9.17) is 22.1 Å². The zero-order valence-electron chi connectivity index (χ0n) is 8.41. The van der Waals surface area contributed by atoms with Crippen molar-refractivity contribution in [1.82, 2.24) is 0 Å². The maximum Gasteiger partial charge on any atom is 0.0931 e. The molecular weight excluding hydrogens is 230 g/mol. The Morgan fingerprint density at radius 3 is 2.93 bits per heavy atom. The van der Waals surface area contributed by atoms with Crippen molar-refractivity contribution in [2.45, 2.75) is 43.4 Å². The van der Waals surface area contributed by atoms with Crippen molar-refractivity contribution >= 4 is 22.9 Å². The first-order valence-corrected chi connectivity index (χ1v) is 6.54. The molecule has 2 bridgehead atoms. The number of hydrogen-bond donors (Lipinski definition) is 1. The summed E-state index contributed by atoms with van der Waals surface area (Å²) in [5, 5.41) is 0. The number of rotatable bonds is 2. The van der Waals surface area contributed by atoms with Crippen LogP contribution in [-0.2, 0) is 11.2 Å². The van der Waals surface area contributed by atoms with Gasteiger partial charge in [0.05, 0.1) is 16.5 Å². The van der Waals surface area contributed by atoms with Crippen molar-refractivity contribution in [2.24, 2.45) is 5.73 Å².